The van der Waals surface area contributed by atoms with Gasteiger partial charge in [-0.05, 0) is 55.0 Å². The topological polar surface area (TPSA) is 95.9 Å². The summed E-state index contributed by atoms with van der Waals surface area (Å²) >= 11 is 12.5. The van der Waals surface area contributed by atoms with Crippen LogP contribution in [0.4, 0.5) is 0 Å². The molecule has 3 heterocycles. The van der Waals surface area contributed by atoms with E-state index in [1.54, 1.807) is 31.4 Å². The van der Waals surface area contributed by atoms with Crippen molar-refractivity contribution in [1.82, 2.24) is 24.9 Å². The second-order valence-electron chi connectivity index (χ2n) is 7.53. The standard InChI is InChI=1S/C24H17Cl2N5O3/c1-13-21(22(32)24-28-23(30-34-24)19-4-3-9-27-29-19)17-11-16(33-2)7-8-20(17)31(13)12-14-5-6-15(25)10-18(14)26/h3-11H,12H2,1-2H3. The van der Waals surface area contributed by atoms with Crippen molar-refractivity contribution in [3.63, 3.8) is 0 Å². The summed E-state index contributed by atoms with van der Waals surface area (Å²) in [6, 6.07) is 14.3. The average Bonchev–Trinajstić information content (AvgIpc) is 3.44. The summed E-state index contributed by atoms with van der Waals surface area (Å²) in [4.78, 5) is 17.8. The van der Waals surface area contributed by atoms with Crippen LogP contribution in [-0.2, 0) is 6.54 Å². The Morgan fingerprint density at radius 3 is 2.74 bits per heavy atom. The molecule has 0 aliphatic carbocycles. The smallest absolute Gasteiger partial charge is 0.299 e. The molecule has 5 rings (SSSR count). The van der Waals surface area contributed by atoms with Gasteiger partial charge in [0.2, 0.25) is 5.82 Å². The van der Waals surface area contributed by atoms with Gasteiger partial charge in [0.25, 0.3) is 11.7 Å². The minimum absolute atomic E-state index is 0.143. The Morgan fingerprint density at radius 2 is 2.00 bits per heavy atom. The maximum atomic E-state index is 13.6. The summed E-state index contributed by atoms with van der Waals surface area (Å²) < 4.78 is 12.7. The first kappa shape index (κ1) is 22.1. The maximum absolute atomic E-state index is 13.6. The molecule has 2 aromatic carbocycles. The third kappa shape index (κ3) is 3.91. The number of halogens is 2. The molecule has 0 aliphatic rings. The van der Waals surface area contributed by atoms with Gasteiger partial charge in [-0.3, -0.25) is 4.79 Å². The molecule has 0 fully saturated rings. The highest BCUT2D eigenvalue weighted by molar-refractivity contribution is 6.35. The van der Waals surface area contributed by atoms with Crippen molar-refractivity contribution < 1.29 is 14.1 Å². The number of nitrogens with zero attached hydrogens (tertiary/aromatic N) is 5. The third-order valence-corrected chi connectivity index (χ3v) is 6.11. The van der Waals surface area contributed by atoms with Gasteiger partial charge in [0, 0.05) is 39.4 Å². The van der Waals surface area contributed by atoms with Crippen LogP contribution in [0.3, 0.4) is 0 Å². The number of carbonyl (C=O) groups excluding carboxylic acids is 1. The molecule has 0 N–H and O–H groups in total. The molecule has 170 valence electrons. The molecule has 0 radical (unpaired) electrons. The van der Waals surface area contributed by atoms with Gasteiger partial charge >= 0.3 is 0 Å². The molecule has 0 bridgehead atoms. The van der Waals surface area contributed by atoms with Crippen LogP contribution >= 0.6 is 23.2 Å². The fourth-order valence-electron chi connectivity index (χ4n) is 3.85. The number of rotatable bonds is 6. The monoisotopic (exact) mass is 493 g/mol. The van der Waals surface area contributed by atoms with Crippen LogP contribution in [0.15, 0.2) is 59.3 Å². The number of hydrogen-bond acceptors (Lipinski definition) is 7. The first-order valence-electron chi connectivity index (χ1n) is 10.2. The number of methoxy groups -OCH3 is 1. The summed E-state index contributed by atoms with van der Waals surface area (Å²) in [5.41, 5.74) is 3.26. The highest BCUT2D eigenvalue weighted by atomic mass is 35.5. The van der Waals surface area contributed by atoms with E-state index in [0.717, 1.165) is 16.8 Å². The summed E-state index contributed by atoms with van der Waals surface area (Å²) in [5, 5.41) is 13.5. The predicted octanol–water partition coefficient (Wildman–Crippen LogP) is 5.38. The van der Waals surface area contributed by atoms with Crippen LogP contribution in [-0.4, -0.2) is 37.8 Å². The molecule has 0 spiro atoms. The van der Waals surface area contributed by atoms with Gasteiger partial charge in [0.05, 0.1) is 12.7 Å². The molecule has 0 aliphatic heterocycles. The van der Waals surface area contributed by atoms with E-state index >= 15 is 0 Å². The fourth-order valence-corrected chi connectivity index (χ4v) is 4.31. The number of carbonyl (C=O) groups is 1. The Labute approximate surface area is 204 Å². The van der Waals surface area contributed by atoms with E-state index < -0.39 is 5.78 Å². The predicted molar refractivity (Wildman–Crippen MR) is 128 cm³/mol. The van der Waals surface area contributed by atoms with Gasteiger partial charge in [0.1, 0.15) is 11.4 Å². The van der Waals surface area contributed by atoms with Gasteiger partial charge in [-0.1, -0.05) is 34.4 Å². The minimum atomic E-state index is -0.403. The second-order valence-corrected chi connectivity index (χ2v) is 8.37. The van der Waals surface area contributed by atoms with Crippen LogP contribution in [0.5, 0.6) is 5.75 Å². The van der Waals surface area contributed by atoms with Crippen molar-refractivity contribution in [1.29, 1.82) is 0 Å². The Hall–Kier alpha value is -3.75. The van der Waals surface area contributed by atoms with E-state index in [0.29, 0.717) is 39.0 Å². The quantitative estimate of drug-likeness (QED) is 0.292. The fraction of sp³-hybridized carbons (Fsp3) is 0.125. The highest BCUT2D eigenvalue weighted by Gasteiger charge is 2.26. The Bertz CT molecular complexity index is 1530. The van der Waals surface area contributed by atoms with Crippen molar-refractivity contribution in [2.75, 3.05) is 7.11 Å². The van der Waals surface area contributed by atoms with Gasteiger partial charge in [-0.15, -0.1) is 5.10 Å². The van der Waals surface area contributed by atoms with E-state index in [2.05, 4.69) is 20.3 Å². The molecule has 0 saturated heterocycles. The van der Waals surface area contributed by atoms with Gasteiger partial charge in [-0.2, -0.15) is 10.1 Å². The molecule has 8 nitrogen and oxygen atoms in total. The van der Waals surface area contributed by atoms with Crippen molar-refractivity contribution in [3.05, 3.63) is 87.5 Å². The van der Waals surface area contributed by atoms with Crippen molar-refractivity contribution in [2.45, 2.75) is 13.5 Å². The Kier molecular flexibility index (Phi) is 5.77. The number of aromatic nitrogens is 5. The lowest BCUT2D eigenvalue weighted by atomic mass is 10.1. The Balaban J connectivity index is 1.62. The average molecular weight is 494 g/mol. The van der Waals surface area contributed by atoms with E-state index in [4.69, 9.17) is 32.5 Å². The zero-order valence-electron chi connectivity index (χ0n) is 18.1. The number of ketones is 1. The zero-order chi connectivity index (χ0) is 23.8. The number of fused-ring (bicyclic) bond motifs is 1. The van der Waals surface area contributed by atoms with Crippen LogP contribution < -0.4 is 4.74 Å². The normalized spacial score (nSPS) is 11.2. The number of hydrogen-bond donors (Lipinski definition) is 0. The largest absolute Gasteiger partial charge is 0.497 e. The van der Waals surface area contributed by atoms with E-state index in [9.17, 15) is 4.79 Å². The number of benzene rings is 2. The molecule has 5 aromatic rings. The Morgan fingerprint density at radius 1 is 1.15 bits per heavy atom. The second kappa shape index (κ2) is 8.89. The minimum Gasteiger partial charge on any atom is -0.497 e. The van der Waals surface area contributed by atoms with Gasteiger partial charge < -0.3 is 13.8 Å². The lowest BCUT2D eigenvalue weighted by Gasteiger charge is -2.11. The summed E-state index contributed by atoms with van der Waals surface area (Å²) in [7, 11) is 1.57. The molecule has 10 heteroatoms. The van der Waals surface area contributed by atoms with E-state index in [1.165, 1.54) is 6.20 Å². The van der Waals surface area contributed by atoms with E-state index in [1.807, 2.05) is 35.8 Å². The van der Waals surface area contributed by atoms with Gasteiger partial charge in [0.15, 0.2) is 0 Å². The molecular formula is C24H17Cl2N5O3. The first-order valence-corrected chi connectivity index (χ1v) is 11.0. The molecule has 0 amide bonds. The van der Waals surface area contributed by atoms with Crippen LogP contribution in [0, 0.1) is 6.92 Å². The molecule has 34 heavy (non-hydrogen) atoms. The molecule has 0 saturated carbocycles. The molecule has 3 aromatic heterocycles. The molecule has 0 unspecified atom stereocenters. The van der Waals surface area contributed by atoms with Crippen molar-refractivity contribution >= 4 is 39.9 Å². The van der Waals surface area contributed by atoms with Crippen LogP contribution in [0.1, 0.15) is 27.5 Å². The zero-order valence-corrected chi connectivity index (χ0v) is 19.6. The first-order chi connectivity index (χ1) is 16.5. The summed E-state index contributed by atoms with van der Waals surface area (Å²) in [6.07, 6.45) is 1.54. The third-order valence-electron chi connectivity index (χ3n) is 5.52. The lowest BCUT2D eigenvalue weighted by Crippen LogP contribution is -2.07. The highest BCUT2D eigenvalue weighted by Crippen LogP contribution is 2.33. The van der Waals surface area contributed by atoms with Crippen LogP contribution in [0.25, 0.3) is 22.4 Å². The van der Waals surface area contributed by atoms with E-state index in [-0.39, 0.29) is 11.7 Å². The number of ether oxygens (including phenoxy) is 1. The van der Waals surface area contributed by atoms with Gasteiger partial charge in [-0.25, -0.2) is 0 Å². The molecular weight excluding hydrogens is 477 g/mol. The van der Waals surface area contributed by atoms with Crippen molar-refractivity contribution in [3.8, 4) is 17.3 Å². The summed E-state index contributed by atoms with van der Waals surface area (Å²) in [6.45, 7) is 2.30. The summed E-state index contributed by atoms with van der Waals surface area (Å²) in [5.74, 6) is 0.256. The van der Waals surface area contributed by atoms with Crippen molar-refractivity contribution in [2.24, 2.45) is 0 Å². The van der Waals surface area contributed by atoms with Crippen LogP contribution in [0.2, 0.25) is 10.0 Å². The lowest BCUT2D eigenvalue weighted by molar-refractivity contribution is 0.0994. The maximum Gasteiger partial charge on any atom is 0.299 e. The molecule has 0 atom stereocenters. The SMILES string of the molecule is COc1ccc2c(c1)c(C(=O)c1nc(-c3cccnn3)no1)c(C)n2Cc1ccc(Cl)cc1Cl.